The maximum Gasteiger partial charge on any atom is 0.317 e. The Morgan fingerprint density at radius 1 is 1.23 bits per heavy atom. The fourth-order valence-electron chi connectivity index (χ4n) is 2.90. The highest BCUT2D eigenvalue weighted by atomic mass is 16.4. The topological polar surface area (TPSA) is 102 Å². The molecule has 22 heavy (non-hydrogen) atoms. The Bertz CT molecular complexity index is 470. The molecule has 8 nitrogen and oxygen atoms in total. The summed E-state index contributed by atoms with van der Waals surface area (Å²) in [6, 6.07) is -0.432. The van der Waals surface area contributed by atoms with Crippen molar-refractivity contribution in [1.82, 2.24) is 20.4 Å². The molecule has 2 aliphatic rings. The van der Waals surface area contributed by atoms with Gasteiger partial charge in [0.1, 0.15) is 0 Å². The largest absolute Gasteiger partial charge is 0.481 e. The van der Waals surface area contributed by atoms with Crippen molar-refractivity contribution in [3.8, 4) is 0 Å². The van der Waals surface area contributed by atoms with Crippen LogP contribution in [0, 0.1) is 5.41 Å². The number of hydrogen-bond donors (Lipinski definition) is 3. The highest BCUT2D eigenvalue weighted by molar-refractivity contribution is 5.80. The molecule has 8 heteroatoms. The minimum atomic E-state index is -0.869. The quantitative estimate of drug-likeness (QED) is 0.697. The Morgan fingerprint density at radius 2 is 1.95 bits per heavy atom. The molecule has 2 aliphatic heterocycles. The first-order valence-corrected chi connectivity index (χ1v) is 7.67. The molecule has 0 aromatic rings. The van der Waals surface area contributed by atoms with Gasteiger partial charge in [-0.1, -0.05) is 0 Å². The molecule has 2 heterocycles. The standard InChI is InChI=1S/C14H24N4O4/c1-3-15-12(21)17-6-4-10(8-17)16-13(22)18-7-5-14(2,9-18)11(19)20/h10H,3-9H2,1-2H3,(H,15,21)(H,16,22)(H,19,20). The minimum Gasteiger partial charge on any atom is -0.481 e. The van der Waals surface area contributed by atoms with Gasteiger partial charge in [-0.3, -0.25) is 4.79 Å². The molecule has 0 aromatic heterocycles. The van der Waals surface area contributed by atoms with E-state index in [4.69, 9.17) is 0 Å². The number of amides is 4. The number of rotatable bonds is 3. The smallest absolute Gasteiger partial charge is 0.317 e. The van der Waals surface area contributed by atoms with Gasteiger partial charge in [0.25, 0.3) is 0 Å². The Morgan fingerprint density at radius 3 is 2.55 bits per heavy atom. The number of carbonyl (C=O) groups is 3. The first-order valence-electron chi connectivity index (χ1n) is 7.67. The monoisotopic (exact) mass is 312 g/mol. The minimum absolute atomic E-state index is 0.0770. The third-order valence-corrected chi connectivity index (χ3v) is 4.41. The molecule has 4 amide bonds. The van der Waals surface area contributed by atoms with Crippen molar-refractivity contribution in [3.63, 3.8) is 0 Å². The van der Waals surface area contributed by atoms with E-state index in [2.05, 4.69) is 10.6 Å². The van der Waals surface area contributed by atoms with Crippen molar-refractivity contribution in [2.45, 2.75) is 32.7 Å². The third-order valence-electron chi connectivity index (χ3n) is 4.41. The van der Waals surface area contributed by atoms with Crippen LogP contribution in [0.25, 0.3) is 0 Å². The Balaban J connectivity index is 1.82. The lowest BCUT2D eigenvalue weighted by Crippen LogP contribution is -2.47. The van der Waals surface area contributed by atoms with Gasteiger partial charge in [-0.25, -0.2) is 9.59 Å². The Labute approximate surface area is 129 Å². The normalized spacial score (nSPS) is 27.8. The average Bonchev–Trinajstić information content (AvgIpc) is 3.07. The lowest BCUT2D eigenvalue weighted by atomic mass is 9.90. The van der Waals surface area contributed by atoms with Crippen LogP contribution in [-0.4, -0.2) is 71.7 Å². The summed E-state index contributed by atoms with van der Waals surface area (Å²) in [7, 11) is 0. The second kappa shape index (κ2) is 6.41. The Hall–Kier alpha value is -1.99. The number of hydrogen-bond acceptors (Lipinski definition) is 3. The van der Waals surface area contributed by atoms with Crippen molar-refractivity contribution < 1.29 is 19.5 Å². The molecule has 124 valence electrons. The molecular weight excluding hydrogens is 288 g/mol. The molecule has 2 fully saturated rings. The lowest BCUT2D eigenvalue weighted by Gasteiger charge is -2.23. The van der Waals surface area contributed by atoms with Crippen LogP contribution in [-0.2, 0) is 4.79 Å². The van der Waals surface area contributed by atoms with Crippen LogP contribution in [0.3, 0.4) is 0 Å². The summed E-state index contributed by atoms with van der Waals surface area (Å²) in [6.07, 6.45) is 1.18. The van der Waals surface area contributed by atoms with Gasteiger partial charge in [0.2, 0.25) is 0 Å². The van der Waals surface area contributed by atoms with Gasteiger partial charge in [-0.05, 0) is 26.7 Å². The highest BCUT2D eigenvalue weighted by Crippen LogP contribution is 2.30. The SMILES string of the molecule is CCNC(=O)N1CCC(NC(=O)N2CCC(C)(C(=O)O)C2)C1. The van der Waals surface area contributed by atoms with Crippen LogP contribution in [0.5, 0.6) is 0 Å². The molecule has 0 radical (unpaired) electrons. The van der Waals surface area contributed by atoms with Gasteiger partial charge in [0.15, 0.2) is 0 Å². The van der Waals surface area contributed by atoms with E-state index in [1.165, 1.54) is 0 Å². The fraction of sp³-hybridized carbons (Fsp3) is 0.786. The number of carboxylic acid groups (broad SMARTS) is 1. The molecule has 3 N–H and O–H groups in total. The average molecular weight is 312 g/mol. The summed E-state index contributed by atoms with van der Waals surface area (Å²) >= 11 is 0. The van der Waals surface area contributed by atoms with Crippen LogP contribution in [0.15, 0.2) is 0 Å². The summed E-state index contributed by atoms with van der Waals surface area (Å²) in [6.45, 7) is 5.87. The zero-order valence-corrected chi connectivity index (χ0v) is 13.1. The third kappa shape index (κ3) is 3.42. The van der Waals surface area contributed by atoms with Gasteiger partial charge < -0.3 is 25.5 Å². The van der Waals surface area contributed by atoms with Crippen molar-refractivity contribution >= 4 is 18.0 Å². The van der Waals surface area contributed by atoms with E-state index < -0.39 is 11.4 Å². The molecule has 2 saturated heterocycles. The van der Waals surface area contributed by atoms with Crippen molar-refractivity contribution in [2.24, 2.45) is 5.41 Å². The van der Waals surface area contributed by atoms with E-state index in [1.54, 1.807) is 16.7 Å². The van der Waals surface area contributed by atoms with Crippen molar-refractivity contribution in [3.05, 3.63) is 0 Å². The predicted molar refractivity (Wildman–Crippen MR) is 79.5 cm³/mol. The number of carbonyl (C=O) groups excluding carboxylic acids is 2. The molecule has 2 atom stereocenters. The van der Waals surface area contributed by atoms with Crippen molar-refractivity contribution in [1.29, 1.82) is 0 Å². The number of nitrogens with zero attached hydrogens (tertiary/aromatic N) is 2. The van der Waals surface area contributed by atoms with E-state index in [0.717, 1.165) is 0 Å². The molecule has 0 aliphatic carbocycles. The number of carboxylic acids is 1. The van der Waals surface area contributed by atoms with Crippen LogP contribution >= 0.6 is 0 Å². The van der Waals surface area contributed by atoms with Crippen LogP contribution in [0.2, 0.25) is 0 Å². The molecular formula is C14H24N4O4. The van der Waals surface area contributed by atoms with Crippen LogP contribution < -0.4 is 10.6 Å². The predicted octanol–water partition coefficient (Wildman–Crippen LogP) is 0.296. The molecule has 2 unspecified atom stereocenters. The number of likely N-dealkylation sites (tertiary alicyclic amines) is 2. The van der Waals surface area contributed by atoms with Gasteiger partial charge in [-0.2, -0.15) is 0 Å². The summed E-state index contributed by atoms with van der Waals surface area (Å²) in [4.78, 5) is 38.4. The zero-order chi connectivity index (χ0) is 16.3. The molecule has 0 spiro atoms. The molecule has 0 aromatic carbocycles. The molecule has 0 saturated carbocycles. The van der Waals surface area contributed by atoms with Gasteiger partial charge in [0.05, 0.1) is 5.41 Å². The number of urea groups is 2. The molecule has 0 bridgehead atoms. The maximum atomic E-state index is 12.2. The molecule has 2 rings (SSSR count). The van der Waals surface area contributed by atoms with E-state index in [0.29, 0.717) is 39.0 Å². The van der Waals surface area contributed by atoms with Gasteiger partial charge >= 0.3 is 18.0 Å². The van der Waals surface area contributed by atoms with Gasteiger partial charge in [0, 0.05) is 38.8 Å². The Kier molecular flexibility index (Phi) is 4.77. The number of aliphatic carboxylic acids is 1. The second-order valence-corrected chi connectivity index (χ2v) is 6.25. The van der Waals surface area contributed by atoms with E-state index >= 15 is 0 Å². The van der Waals surface area contributed by atoms with E-state index in [-0.39, 0.29) is 24.6 Å². The highest BCUT2D eigenvalue weighted by Gasteiger charge is 2.42. The van der Waals surface area contributed by atoms with Crippen LogP contribution in [0.4, 0.5) is 9.59 Å². The summed E-state index contributed by atoms with van der Waals surface area (Å²) < 4.78 is 0. The maximum absolute atomic E-state index is 12.2. The van der Waals surface area contributed by atoms with E-state index in [9.17, 15) is 19.5 Å². The first-order chi connectivity index (χ1) is 10.4. The van der Waals surface area contributed by atoms with Gasteiger partial charge in [-0.15, -0.1) is 0 Å². The summed E-state index contributed by atoms with van der Waals surface area (Å²) in [5.41, 5.74) is -0.861. The first kappa shape index (κ1) is 16.4. The zero-order valence-electron chi connectivity index (χ0n) is 13.1. The summed E-state index contributed by atoms with van der Waals surface area (Å²) in [5.74, 6) is -0.869. The van der Waals surface area contributed by atoms with Crippen LogP contribution in [0.1, 0.15) is 26.7 Å². The van der Waals surface area contributed by atoms with Crippen molar-refractivity contribution in [2.75, 3.05) is 32.7 Å². The van der Waals surface area contributed by atoms with E-state index in [1.807, 2.05) is 6.92 Å². The fourth-order valence-corrected chi connectivity index (χ4v) is 2.90. The number of nitrogens with one attached hydrogen (secondary N) is 2. The lowest BCUT2D eigenvalue weighted by molar-refractivity contribution is -0.147. The second-order valence-electron chi connectivity index (χ2n) is 6.25. The summed E-state index contributed by atoms with van der Waals surface area (Å²) in [5, 5.41) is 14.8.